The third-order valence-electron chi connectivity index (χ3n) is 4.39. The molecule has 1 aromatic rings. The maximum Gasteiger partial charge on any atom is 0.233 e. The zero-order valence-corrected chi connectivity index (χ0v) is 13.1. The van der Waals surface area contributed by atoms with E-state index in [0.717, 1.165) is 29.3 Å². The van der Waals surface area contributed by atoms with E-state index < -0.39 is 0 Å². The molecule has 2 fully saturated rings. The van der Waals surface area contributed by atoms with E-state index in [1.165, 1.54) is 55.2 Å². The normalized spacial score (nSPS) is 26.3. The Morgan fingerprint density at radius 3 is 2.85 bits per heavy atom. The van der Waals surface area contributed by atoms with Crippen molar-refractivity contribution in [3.8, 4) is 0 Å². The van der Waals surface area contributed by atoms with Gasteiger partial charge in [0.2, 0.25) is 11.0 Å². The maximum atomic E-state index is 12.3. The Balaban J connectivity index is 1.50. The molecule has 0 spiro atoms. The van der Waals surface area contributed by atoms with Gasteiger partial charge in [-0.3, -0.25) is 4.79 Å². The molecule has 2 heterocycles. The zero-order valence-electron chi connectivity index (χ0n) is 11.5. The number of likely N-dealkylation sites (tertiary alicyclic amines) is 1. The van der Waals surface area contributed by atoms with Crippen LogP contribution in [0.15, 0.2) is 4.34 Å². The zero-order chi connectivity index (χ0) is 13.9. The van der Waals surface area contributed by atoms with Crippen molar-refractivity contribution in [2.45, 2.75) is 36.4 Å². The molecule has 1 aliphatic heterocycles. The summed E-state index contributed by atoms with van der Waals surface area (Å²) in [7, 11) is 0. The minimum absolute atomic E-state index is 0.229. The number of fused-ring (bicyclic) bond motifs is 1. The smallest absolute Gasteiger partial charge is 0.233 e. The summed E-state index contributed by atoms with van der Waals surface area (Å²) in [6.45, 7) is 1.89. The minimum atomic E-state index is 0.229. The van der Waals surface area contributed by atoms with Gasteiger partial charge in [0.1, 0.15) is 0 Å². The van der Waals surface area contributed by atoms with Gasteiger partial charge in [0.25, 0.3) is 0 Å². The Kier molecular flexibility index (Phi) is 4.45. The number of carbonyl (C=O) groups is 1. The summed E-state index contributed by atoms with van der Waals surface area (Å²) >= 11 is 2.79. The number of rotatable bonds is 3. The van der Waals surface area contributed by atoms with Gasteiger partial charge in [-0.1, -0.05) is 42.4 Å². The second-order valence-corrected chi connectivity index (χ2v) is 7.86. The summed E-state index contributed by atoms with van der Waals surface area (Å²) in [6.07, 6.45) is 6.57. The largest absolute Gasteiger partial charge is 0.374 e. The number of amides is 1. The van der Waals surface area contributed by atoms with Gasteiger partial charge in [0, 0.05) is 13.1 Å². The van der Waals surface area contributed by atoms with E-state index in [4.69, 9.17) is 5.73 Å². The Morgan fingerprint density at radius 1 is 1.30 bits per heavy atom. The van der Waals surface area contributed by atoms with Crippen LogP contribution < -0.4 is 5.73 Å². The SMILES string of the molecule is Nc1nnc(SCC(=O)N2CC[C@H]3CCCC[C@H]3C2)s1. The second kappa shape index (κ2) is 6.30. The molecule has 2 aliphatic rings. The summed E-state index contributed by atoms with van der Waals surface area (Å²) in [6, 6.07) is 0. The molecule has 0 aromatic carbocycles. The van der Waals surface area contributed by atoms with Gasteiger partial charge in [0.15, 0.2) is 4.34 Å². The molecule has 2 atom stereocenters. The van der Waals surface area contributed by atoms with Crippen molar-refractivity contribution in [2.75, 3.05) is 24.6 Å². The molecular formula is C13H20N4OS2. The van der Waals surface area contributed by atoms with E-state index in [1.54, 1.807) is 0 Å². The van der Waals surface area contributed by atoms with Crippen LogP contribution in [-0.4, -0.2) is 39.8 Å². The van der Waals surface area contributed by atoms with E-state index >= 15 is 0 Å². The number of aromatic nitrogens is 2. The topological polar surface area (TPSA) is 72.1 Å². The molecule has 5 nitrogen and oxygen atoms in total. The summed E-state index contributed by atoms with van der Waals surface area (Å²) in [5.74, 6) is 2.28. The molecule has 110 valence electrons. The average Bonchev–Trinajstić information content (AvgIpc) is 2.90. The van der Waals surface area contributed by atoms with Crippen molar-refractivity contribution < 1.29 is 4.79 Å². The fourth-order valence-electron chi connectivity index (χ4n) is 3.32. The number of thioether (sulfide) groups is 1. The Hall–Kier alpha value is -0.820. The maximum absolute atomic E-state index is 12.3. The highest BCUT2D eigenvalue weighted by molar-refractivity contribution is 8.01. The first kappa shape index (κ1) is 14.1. The Morgan fingerprint density at radius 2 is 2.10 bits per heavy atom. The Labute approximate surface area is 127 Å². The van der Waals surface area contributed by atoms with E-state index in [1.807, 2.05) is 4.90 Å². The quantitative estimate of drug-likeness (QED) is 0.867. The predicted molar refractivity (Wildman–Crippen MR) is 81.7 cm³/mol. The number of piperidine rings is 1. The van der Waals surface area contributed by atoms with E-state index in [-0.39, 0.29) is 5.91 Å². The first-order valence-corrected chi connectivity index (χ1v) is 9.02. The number of nitrogens with two attached hydrogens (primary N) is 1. The van der Waals surface area contributed by atoms with Crippen LogP contribution in [0, 0.1) is 11.8 Å². The minimum Gasteiger partial charge on any atom is -0.374 e. The fraction of sp³-hybridized carbons (Fsp3) is 0.769. The number of anilines is 1. The van der Waals surface area contributed by atoms with Gasteiger partial charge >= 0.3 is 0 Å². The highest BCUT2D eigenvalue weighted by Crippen LogP contribution is 2.36. The lowest BCUT2D eigenvalue weighted by molar-refractivity contribution is -0.131. The van der Waals surface area contributed by atoms with E-state index in [9.17, 15) is 4.79 Å². The average molecular weight is 312 g/mol. The molecule has 20 heavy (non-hydrogen) atoms. The summed E-state index contributed by atoms with van der Waals surface area (Å²) in [4.78, 5) is 14.3. The Bertz CT molecular complexity index is 479. The second-order valence-electron chi connectivity index (χ2n) is 5.63. The van der Waals surface area contributed by atoms with Crippen LogP contribution in [0.25, 0.3) is 0 Å². The number of nitrogens with zero attached hydrogens (tertiary/aromatic N) is 3. The highest BCUT2D eigenvalue weighted by Gasteiger charge is 2.32. The van der Waals surface area contributed by atoms with Crippen LogP contribution in [0.5, 0.6) is 0 Å². The van der Waals surface area contributed by atoms with Crippen molar-refractivity contribution in [3.05, 3.63) is 0 Å². The lowest BCUT2D eigenvalue weighted by Crippen LogP contribution is -2.45. The molecule has 1 saturated carbocycles. The third kappa shape index (κ3) is 3.25. The number of carbonyl (C=O) groups excluding carboxylic acids is 1. The van der Waals surface area contributed by atoms with Gasteiger partial charge in [-0.25, -0.2) is 0 Å². The van der Waals surface area contributed by atoms with Crippen molar-refractivity contribution in [3.63, 3.8) is 0 Å². The molecule has 1 saturated heterocycles. The molecule has 1 aliphatic carbocycles. The van der Waals surface area contributed by atoms with Gasteiger partial charge in [0.05, 0.1) is 5.75 Å². The lowest BCUT2D eigenvalue weighted by Gasteiger charge is -2.41. The van der Waals surface area contributed by atoms with Crippen molar-refractivity contribution in [1.82, 2.24) is 15.1 Å². The van der Waals surface area contributed by atoms with Gasteiger partial charge < -0.3 is 10.6 Å². The van der Waals surface area contributed by atoms with Crippen LogP contribution in [0.4, 0.5) is 5.13 Å². The van der Waals surface area contributed by atoms with Gasteiger partial charge in [-0.05, 0) is 24.7 Å². The van der Waals surface area contributed by atoms with Crippen LogP contribution in [0.3, 0.4) is 0 Å². The molecule has 1 amide bonds. The van der Waals surface area contributed by atoms with E-state index in [0.29, 0.717) is 10.9 Å². The summed E-state index contributed by atoms with van der Waals surface area (Å²) in [5, 5.41) is 8.16. The van der Waals surface area contributed by atoms with Crippen LogP contribution in [-0.2, 0) is 4.79 Å². The number of hydrogen-bond acceptors (Lipinski definition) is 6. The molecule has 0 radical (unpaired) electrons. The third-order valence-corrected chi connectivity index (χ3v) is 6.26. The molecule has 0 unspecified atom stereocenters. The first-order chi connectivity index (χ1) is 9.72. The van der Waals surface area contributed by atoms with Gasteiger partial charge in [-0.2, -0.15) is 0 Å². The summed E-state index contributed by atoms with van der Waals surface area (Å²) in [5.41, 5.74) is 5.54. The van der Waals surface area contributed by atoms with E-state index in [2.05, 4.69) is 10.2 Å². The molecule has 7 heteroatoms. The van der Waals surface area contributed by atoms with Gasteiger partial charge in [-0.15, -0.1) is 10.2 Å². The molecule has 3 rings (SSSR count). The van der Waals surface area contributed by atoms with Crippen molar-refractivity contribution in [1.29, 1.82) is 0 Å². The highest BCUT2D eigenvalue weighted by atomic mass is 32.2. The fourth-order valence-corrected chi connectivity index (χ4v) is 4.86. The number of nitrogen functional groups attached to an aromatic ring is 1. The first-order valence-electron chi connectivity index (χ1n) is 7.22. The monoisotopic (exact) mass is 312 g/mol. The van der Waals surface area contributed by atoms with Crippen molar-refractivity contribution >= 4 is 34.1 Å². The standard InChI is InChI=1S/C13H20N4OS2/c14-12-15-16-13(20-12)19-8-11(18)17-6-5-9-3-1-2-4-10(9)7-17/h9-10H,1-8H2,(H2,14,15)/t9-,10+/m1/s1. The van der Waals surface area contributed by atoms with Crippen LogP contribution >= 0.6 is 23.1 Å². The molecule has 0 bridgehead atoms. The molecular weight excluding hydrogens is 292 g/mol. The lowest BCUT2D eigenvalue weighted by atomic mass is 9.75. The van der Waals surface area contributed by atoms with Crippen LogP contribution in [0.1, 0.15) is 32.1 Å². The summed E-state index contributed by atoms with van der Waals surface area (Å²) < 4.78 is 0.781. The van der Waals surface area contributed by atoms with Crippen LogP contribution in [0.2, 0.25) is 0 Å². The number of hydrogen-bond donors (Lipinski definition) is 1. The molecule has 1 aromatic heterocycles. The van der Waals surface area contributed by atoms with Crippen molar-refractivity contribution in [2.24, 2.45) is 11.8 Å². The molecule has 2 N–H and O–H groups in total. The predicted octanol–water partition coefficient (Wildman–Crippen LogP) is 2.25.